The average Bonchev–Trinajstić information content (AvgIpc) is 2.97. The van der Waals surface area contributed by atoms with Gasteiger partial charge in [0, 0.05) is 18.2 Å². The number of sulfone groups is 1. The van der Waals surface area contributed by atoms with E-state index in [1.54, 1.807) is 17.0 Å². The second kappa shape index (κ2) is 7.11. The number of ether oxygens (including phenoxy) is 3. The van der Waals surface area contributed by atoms with E-state index in [9.17, 15) is 13.2 Å². The summed E-state index contributed by atoms with van der Waals surface area (Å²) in [6.45, 7) is 3.32. The summed E-state index contributed by atoms with van der Waals surface area (Å²) >= 11 is 0. The first-order valence-corrected chi connectivity index (χ1v) is 10.3. The van der Waals surface area contributed by atoms with Gasteiger partial charge < -0.3 is 19.1 Å². The van der Waals surface area contributed by atoms with Gasteiger partial charge in [-0.15, -0.1) is 0 Å². The molecule has 1 fully saturated rings. The van der Waals surface area contributed by atoms with Crippen LogP contribution in [0, 0.1) is 0 Å². The Bertz CT molecular complexity index is 743. The quantitative estimate of drug-likeness (QED) is 0.782. The maximum atomic E-state index is 13.1. The van der Waals surface area contributed by atoms with E-state index in [-0.39, 0.29) is 23.5 Å². The first kappa shape index (κ1) is 17.8. The Labute approximate surface area is 147 Å². The minimum absolute atomic E-state index is 0.0282. The van der Waals surface area contributed by atoms with Gasteiger partial charge in [-0.3, -0.25) is 4.79 Å². The monoisotopic (exact) mass is 369 g/mol. The first-order valence-electron chi connectivity index (χ1n) is 8.44. The maximum Gasteiger partial charge on any atom is 0.254 e. The summed E-state index contributed by atoms with van der Waals surface area (Å²) in [5.41, 5.74) is 0.416. The van der Waals surface area contributed by atoms with Gasteiger partial charge in [0.05, 0.1) is 18.6 Å². The van der Waals surface area contributed by atoms with Crippen molar-refractivity contribution in [3.8, 4) is 17.2 Å². The number of hydrogen-bond acceptors (Lipinski definition) is 6. The van der Waals surface area contributed by atoms with E-state index in [0.717, 1.165) is 6.42 Å². The van der Waals surface area contributed by atoms with Gasteiger partial charge >= 0.3 is 0 Å². The molecule has 3 rings (SSSR count). The van der Waals surface area contributed by atoms with Gasteiger partial charge in [-0.05, 0) is 25.0 Å². The smallest absolute Gasteiger partial charge is 0.254 e. The summed E-state index contributed by atoms with van der Waals surface area (Å²) < 4.78 is 40.1. The minimum atomic E-state index is -3.06. The lowest BCUT2D eigenvalue weighted by Crippen LogP contribution is -2.41. The molecule has 0 saturated carbocycles. The molecule has 0 aliphatic carbocycles. The standard InChI is InChI=1S/C17H23NO6S/c1-3-5-18(13-4-8-25(20,21)11-13)17(19)12-9-14(22-2)16-15(10-12)23-6-7-24-16/h9-10,13H,3-8,11H2,1-2H3. The fraction of sp³-hybridized carbons (Fsp3) is 0.588. The highest BCUT2D eigenvalue weighted by molar-refractivity contribution is 7.91. The molecular formula is C17H23NO6S. The van der Waals surface area contributed by atoms with Crippen LogP contribution < -0.4 is 14.2 Å². The molecule has 1 aromatic carbocycles. The highest BCUT2D eigenvalue weighted by Crippen LogP contribution is 2.40. The fourth-order valence-corrected chi connectivity index (χ4v) is 5.01. The summed E-state index contributed by atoms with van der Waals surface area (Å²) in [5, 5.41) is 0. The van der Waals surface area contributed by atoms with Crippen molar-refractivity contribution < 1.29 is 27.4 Å². The Morgan fingerprint density at radius 3 is 2.72 bits per heavy atom. The van der Waals surface area contributed by atoms with Gasteiger partial charge in [-0.2, -0.15) is 0 Å². The van der Waals surface area contributed by atoms with Gasteiger partial charge in [-0.25, -0.2) is 8.42 Å². The van der Waals surface area contributed by atoms with Crippen LogP contribution in [-0.4, -0.2) is 63.6 Å². The molecule has 2 heterocycles. The number of benzene rings is 1. The van der Waals surface area contributed by atoms with Crippen LogP contribution in [0.1, 0.15) is 30.1 Å². The molecule has 0 bridgehead atoms. The maximum absolute atomic E-state index is 13.1. The zero-order chi connectivity index (χ0) is 18.0. The van der Waals surface area contributed by atoms with Crippen LogP contribution in [-0.2, 0) is 9.84 Å². The number of nitrogens with zero attached hydrogens (tertiary/aromatic N) is 1. The van der Waals surface area contributed by atoms with Crippen molar-refractivity contribution in [2.75, 3.05) is 38.4 Å². The molecule has 1 saturated heterocycles. The Kier molecular flexibility index (Phi) is 5.08. The van der Waals surface area contributed by atoms with Crippen molar-refractivity contribution in [3.63, 3.8) is 0 Å². The molecule has 138 valence electrons. The van der Waals surface area contributed by atoms with Gasteiger partial charge in [0.15, 0.2) is 21.3 Å². The highest BCUT2D eigenvalue weighted by Gasteiger charge is 2.35. The number of methoxy groups -OCH3 is 1. The fourth-order valence-electron chi connectivity index (χ4n) is 3.27. The molecule has 7 nitrogen and oxygen atoms in total. The topological polar surface area (TPSA) is 82.1 Å². The third-order valence-electron chi connectivity index (χ3n) is 4.45. The lowest BCUT2D eigenvalue weighted by atomic mass is 10.1. The number of rotatable bonds is 5. The second-order valence-electron chi connectivity index (χ2n) is 6.26. The van der Waals surface area contributed by atoms with Crippen LogP contribution in [0.5, 0.6) is 17.2 Å². The molecule has 2 aliphatic rings. The van der Waals surface area contributed by atoms with Crippen molar-refractivity contribution in [3.05, 3.63) is 17.7 Å². The largest absolute Gasteiger partial charge is 0.493 e. The van der Waals surface area contributed by atoms with Crippen LogP contribution in [0.15, 0.2) is 12.1 Å². The summed E-state index contributed by atoms with van der Waals surface area (Å²) in [4.78, 5) is 14.7. The molecule has 1 amide bonds. The van der Waals surface area contributed by atoms with E-state index in [4.69, 9.17) is 14.2 Å². The van der Waals surface area contributed by atoms with Crippen LogP contribution >= 0.6 is 0 Å². The van der Waals surface area contributed by atoms with Crippen LogP contribution in [0.4, 0.5) is 0 Å². The molecule has 0 spiro atoms. The predicted molar refractivity (Wildman–Crippen MR) is 92.4 cm³/mol. The number of hydrogen-bond donors (Lipinski definition) is 0. The molecule has 1 unspecified atom stereocenters. The molecule has 2 aliphatic heterocycles. The molecule has 0 aromatic heterocycles. The third kappa shape index (κ3) is 3.68. The van der Waals surface area contributed by atoms with E-state index in [0.29, 0.717) is 49.0 Å². The number of carbonyl (C=O) groups excluding carboxylic acids is 1. The van der Waals surface area contributed by atoms with Crippen molar-refractivity contribution >= 4 is 15.7 Å². The van der Waals surface area contributed by atoms with E-state index >= 15 is 0 Å². The zero-order valence-electron chi connectivity index (χ0n) is 14.5. The molecule has 0 N–H and O–H groups in total. The van der Waals surface area contributed by atoms with E-state index < -0.39 is 9.84 Å². The van der Waals surface area contributed by atoms with Gasteiger partial charge in [-0.1, -0.05) is 6.92 Å². The lowest BCUT2D eigenvalue weighted by molar-refractivity contribution is 0.0695. The summed E-state index contributed by atoms with van der Waals surface area (Å²) in [5.74, 6) is 1.37. The molecule has 0 radical (unpaired) electrons. The number of fused-ring (bicyclic) bond motifs is 1. The van der Waals surface area contributed by atoms with Crippen molar-refractivity contribution in [1.82, 2.24) is 4.90 Å². The van der Waals surface area contributed by atoms with Gasteiger partial charge in [0.25, 0.3) is 5.91 Å². The Balaban J connectivity index is 1.92. The lowest BCUT2D eigenvalue weighted by Gasteiger charge is -2.29. The van der Waals surface area contributed by atoms with E-state index in [1.165, 1.54) is 7.11 Å². The zero-order valence-corrected chi connectivity index (χ0v) is 15.3. The Morgan fingerprint density at radius 2 is 2.08 bits per heavy atom. The van der Waals surface area contributed by atoms with Gasteiger partial charge in [0.1, 0.15) is 13.2 Å². The summed E-state index contributed by atoms with van der Waals surface area (Å²) in [6.07, 6.45) is 1.24. The van der Waals surface area contributed by atoms with Crippen molar-refractivity contribution in [2.24, 2.45) is 0 Å². The normalized spacial score (nSPS) is 21.0. The predicted octanol–water partition coefficient (Wildman–Crippen LogP) is 1.51. The number of carbonyl (C=O) groups is 1. The summed E-state index contributed by atoms with van der Waals surface area (Å²) in [6, 6.07) is 2.99. The van der Waals surface area contributed by atoms with Gasteiger partial charge in [0.2, 0.25) is 5.75 Å². The second-order valence-corrected chi connectivity index (χ2v) is 8.49. The van der Waals surface area contributed by atoms with E-state index in [1.807, 2.05) is 6.92 Å². The first-order chi connectivity index (χ1) is 11.9. The van der Waals surface area contributed by atoms with Crippen molar-refractivity contribution in [1.29, 1.82) is 0 Å². The molecule has 25 heavy (non-hydrogen) atoms. The SMILES string of the molecule is CCCN(C(=O)c1cc(OC)c2c(c1)OCCO2)C1CCS(=O)(=O)C1. The molecule has 1 atom stereocenters. The highest BCUT2D eigenvalue weighted by atomic mass is 32.2. The van der Waals surface area contributed by atoms with E-state index in [2.05, 4.69) is 0 Å². The van der Waals surface area contributed by atoms with Crippen LogP contribution in [0.3, 0.4) is 0 Å². The molecule has 1 aromatic rings. The number of amides is 1. The van der Waals surface area contributed by atoms with Crippen LogP contribution in [0.25, 0.3) is 0 Å². The van der Waals surface area contributed by atoms with Crippen LogP contribution in [0.2, 0.25) is 0 Å². The molecule has 8 heteroatoms. The Hall–Kier alpha value is -1.96. The molecular weight excluding hydrogens is 346 g/mol. The minimum Gasteiger partial charge on any atom is -0.493 e. The third-order valence-corrected chi connectivity index (χ3v) is 6.20. The van der Waals surface area contributed by atoms with Crippen molar-refractivity contribution in [2.45, 2.75) is 25.8 Å². The summed E-state index contributed by atoms with van der Waals surface area (Å²) in [7, 11) is -1.56. The average molecular weight is 369 g/mol. The Morgan fingerprint density at radius 1 is 1.32 bits per heavy atom.